The number of carbonyl (C=O) groups is 2. The van der Waals surface area contributed by atoms with Crippen molar-refractivity contribution in [3.8, 4) is 0 Å². The fraction of sp³-hybridized carbons (Fsp3) is 0.385. The molecule has 0 aliphatic carbocycles. The van der Waals surface area contributed by atoms with Crippen LogP contribution in [0.2, 0.25) is 5.15 Å². The van der Waals surface area contributed by atoms with Crippen molar-refractivity contribution in [2.45, 2.75) is 13.8 Å². The van der Waals surface area contributed by atoms with Crippen LogP contribution in [-0.2, 0) is 9.53 Å². The van der Waals surface area contributed by atoms with Crippen molar-refractivity contribution in [1.82, 2.24) is 4.98 Å². The number of pyridine rings is 1. The van der Waals surface area contributed by atoms with Gasteiger partial charge in [-0.05, 0) is 42.5 Å². The first-order chi connectivity index (χ1) is 9.51. The Hall–Kier alpha value is -1.02. The normalized spacial score (nSPS) is 12.4. The number of carbonyl (C=O) groups excluding carboxylic acids is 2. The zero-order chi connectivity index (χ0) is 15.1. The Labute approximate surface area is 135 Å². The van der Waals surface area contributed by atoms with Gasteiger partial charge < -0.3 is 4.74 Å². The molecule has 0 fully saturated rings. The molecule has 20 heavy (non-hydrogen) atoms. The molecule has 0 N–H and O–H groups in total. The van der Waals surface area contributed by atoms with E-state index in [1.165, 1.54) is 6.21 Å². The lowest BCUT2D eigenvalue weighted by atomic mass is 10.00. The lowest BCUT2D eigenvalue weighted by Gasteiger charge is -2.11. The molecule has 0 saturated heterocycles. The summed E-state index contributed by atoms with van der Waals surface area (Å²) < 4.78 is 5.65. The summed E-state index contributed by atoms with van der Waals surface area (Å²) in [6, 6.07) is 1.59. The van der Waals surface area contributed by atoms with E-state index in [1.54, 1.807) is 19.2 Å². The first-order valence-corrected chi connectivity index (χ1v) is 7.48. The van der Waals surface area contributed by atoms with Crippen LogP contribution in [0.25, 0.3) is 0 Å². The van der Waals surface area contributed by atoms with Gasteiger partial charge in [-0.3, -0.25) is 14.6 Å². The fourth-order valence-electron chi connectivity index (χ4n) is 1.44. The van der Waals surface area contributed by atoms with Crippen molar-refractivity contribution in [3.63, 3.8) is 0 Å². The summed E-state index contributed by atoms with van der Waals surface area (Å²) in [5.74, 6) is -2.19. The third-order valence-electron chi connectivity index (χ3n) is 2.33. The Kier molecular flexibility index (Phi) is 7.08. The number of aliphatic imine (C=N–C) groups is 1. The number of halogens is 2. The van der Waals surface area contributed by atoms with Crippen LogP contribution < -0.4 is 0 Å². The average Bonchev–Trinajstić information content (AvgIpc) is 2.42. The van der Waals surface area contributed by atoms with E-state index in [9.17, 15) is 9.59 Å². The van der Waals surface area contributed by atoms with E-state index in [0.717, 1.165) is 3.57 Å². The maximum absolute atomic E-state index is 12.4. The Bertz CT molecular complexity index is 534. The van der Waals surface area contributed by atoms with Gasteiger partial charge in [0, 0.05) is 22.5 Å². The van der Waals surface area contributed by atoms with Crippen molar-refractivity contribution in [2.24, 2.45) is 10.9 Å². The maximum Gasteiger partial charge on any atom is 0.322 e. The highest BCUT2D eigenvalue weighted by Crippen LogP contribution is 2.19. The van der Waals surface area contributed by atoms with Gasteiger partial charge in [0.2, 0.25) is 0 Å². The van der Waals surface area contributed by atoms with Gasteiger partial charge in [-0.2, -0.15) is 0 Å². The first-order valence-electron chi connectivity index (χ1n) is 6.03. The smallest absolute Gasteiger partial charge is 0.322 e. The van der Waals surface area contributed by atoms with Gasteiger partial charge >= 0.3 is 5.97 Å². The quantitative estimate of drug-likeness (QED) is 0.181. The van der Waals surface area contributed by atoms with Gasteiger partial charge in [0.1, 0.15) is 5.15 Å². The van der Waals surface area contributed by atoms with Crippen LogP contribution >= 0.6 is 34.2 Å². The van der Waals surface area contributed by atoms with Crippen LogP contribution in [0.5, 0.6) is 0 Å². The van der Waals surface area contributed by atoms with E-state index >= 15 is 0 Å². The second-order valence-corrected chi connectivity index (χ2v) is 5.34. The van der Waals surface area contributed by atoms with E-state index in [4.69, 9.17) is 16.3 Å². The molecule has 0 spiro atoms. The highest BCUT2D eigenvalue weighted by atomic mass is 127. The Balaban J connectivity index is 3.12. The topological polar surface area (TPSA) is 68.6 Å². The molecule has 0 saturated carbocycles. The third kappa shape index (κ3) is 4.52. The van der Waals surface area contributed by atoms with Crippen LogP contribution in [0.1, 0.15) is 24.2 Å². The van der Waals surface area contributed by atoms with Crippen molar-refractivity contribution in [3.05, 3.63) is 26.5 Å². The molecule has 1 aromatic rings. The summed E-state index contributed by atoms with van der Waals surface area (Å²) >= 11 is 7.94. The fourth-order valence-corrected chi connectivity index (χ4v) is 2.09. The van der Waals surface area contributed by atoms with Crippen LogP contribution in [0.15, 0.2) is 17.3 Å². The molecule has 0 radical (unpaired) electrons. The van der Waals surface area contributed by atoms with Crippen molar-refractivity contribution in [2.75, 3.05) is 13.2 Å². The van der Waals surface area contributed by atoms with Crippen molar-refractivity contribution in [1.29, 1.82) is 0 Å². The molecule has 1 unspecified atom stereocenters. The maximum atomic E-state index is 12.4. The molecule has 1 heterocycles. The molecule has 0 aliphatic heterocycles. The number of ether oxygens (including phenoxy) is 1. The summed E-state index contributed by atoms with van der Waals surface area (Å²) in [6.45, 7) is 4.15. The second kappa shape index (κ2) is 8.31. The molecule has 108 valence electrons. The minimum Gasteiger partial charge on any atom is -0.465 e. The van der Waals surface area contributed by atoms with E-state index < -0.39 is 17.7 Å². The molecule has 1 aromatic heterocycles. The first kappa shape index (κ1) is 17.0. The third-order valence-corrected chi connectivity index (χ3v) is 3.22. The zero-order valence-corrected chi connectivity index (χ0v) is 14.0. The van der Waals surface area contributed by atoms with Crippen LogP contribution in [-0.4, -0.2) is 36.1 Å². The number of hydrogen-bond donors (Lipinski definition) is 0. The summed E-state index contributed by atoms with van der Waals surface area (Å²) in [5, 5.41) is 0.0645. The summed E-state index contributed by atoms with van der Waals surface area (Å²) in [7, 11) is 0. The van der Waals surface area contributed by atoms with E-state index in [1.807, 2.05) is 29.5 Å². The van der Waals surface area contributed by atoms with E-state index in [2.05, 4.69) is 9.98 Å². The predicted molar refractivity (Wildman–Crippen MR) is 85.5 cm³/mol. The minimum atomic E-state index is -1.09. The van der Waals surface area contributed by atoms with Gasteiger partial charge in [-0.1, -0.05) is 11.6 Å². The lowest BCUT2D eigenvalue weighted by molar-refractivity contribution is -0.143. The summed E-state index contributed by atoms with van der Waals surface area (Å²) in [6.07, 6.45) is 2.84. The van der Waals surface area contributed by atoms with Crippen molar-refractivity contribution >= 4 is 52.2 Å². The number of Topliss-reactive ketones (excluding diaryl/α,β-unsaturated/α-hetero) is 1. The molecule has 0 bridgehead atoms. The van der Waals surface area contributed by atoms with Gasteiger partial charge in [0.05, 0.1) is 12.2 Å². The average molecular weight is 409 g/mol. The van der Waals surface area contributed by atoms with Gasteiger partial charge in [-0.25, -0.2) is 4.98 Å². The van der Waals surface area contributed by atoms with E-state index in [0.29, 0.717) is 6.54 Å². The molecule has 5 nitrogen and oxygen atoms in total. The summed E-state index contributed by atoms with van der Waals surface area (Å²) in [4.78, 5) is 32.2. The van der Waals surface area contributed by atoms with E-state index in [-0.39, 0.29) is 17.3 Å². The van der Waals surface area contributed by atoms with Crippen molar-refractivity contribution < 1.29 is 14.3 Å². The molecular weight excluding hydrogens is 395 g/mol. The Morgan fingerprint density at radius 1 is 1.55 bits per heavy atom. The lowest BCUT2D eigenvalue weighted by Crippen LogP contribution is -2.28. The predicted octanol–water partition coefficient (Wildman–Crippen LogP) is 2.79. The molecule has 0 aromatic carbocycles. The molecule has 1 atom stereocenters. The number of aromatic nitrogens is 1. The monoisotopic (exact) mass is 408 g/mol. The minimum absolute atomic E-state index is 0.0645. The molecule has 1 rings (SSSR count). The number of ketones is 1. The van der Waals surface area contributed by atoms with Crippen LogP contribution in [0, 0.1) is 9.49 Å². The standard InChI is InChI=1S/C13H14ClIN2O3/c1-3-16-7-10(13(19)20-4-2)11(18)9-5-8(15)6-17-12(9)14/h5-7,10H,3-4H2,1-2H3. The number of hydrogen-bond acceptors (Lipinski definition) is 5. The SMILES string of the molecule is CCN=CC(C(=O)OCC)C(=O)c1cc(I)cnc1Cl. The number of nitrogens with zero attached hydrogens (tertiary/aromatic N) is 2. The highest BCUT2D eigenvalue weighted by Gasteiger charge is 2.29. The molecule has 0 amide bonds. The highest BCUT2D eigenvalue weighted by molar-refractivity contribution is 14.1. The van der Waals surface area contributed by atoms with Gasteiger partial charge in [0.25, 0.3) is 0 Å². The Morgan fingerprint density at radius 2 is 2.25 bits per heavy atom. The number of esters is 1. The molecular formula is C13H14ClIN2O3. The Morgan fingerprint density at radius 3 is 2.85 bits per heavy atom. The van der Waals surface area contributed by atoms with Crippen LogP contribution in [0.3, 0.4) is 0 Å². The summed E-state index contributed by atoms with van der Waals surface area (Å²) in [5.41, 5.74) is 0.194. The van der Waals surface area contributed by atoms with Crippen LogP contribution in [0.4, 0.5) is 0 Å². The van der Waals surface area contributed by atoms with Gasteiger partial charge in [0.15, 0.2) is 11.7 Å². The molecule has 7 heteroatoms. The zero-order valence-electron chi connectivity index (χ0n) is 11.1. The second-order valence-electron chi connectivity index (χ2n) is 3.73. The largest absolute Gasteiger partial charge is 0.465 e. The van der Waals surface area contributed by atoms with Gasteiger partial charge in [-0.15, -0.1) is 0 Å². The number of rotatable bonds is 6. The molecule has 0 aliphatic rings.